The molecule has 0 spiro atoms. The van der Waals surface area contributed by atoms with E-state index >= 15 is 0 Å². The first-order chi connectivity index (χ1) is 10.5. The number of aliphatic carboxylic acids is 1. The van der Waals surface area contributed by atoms with Crippen molar-refractivity contribution in [1.82, 2.24) is 5.32 Å². The van der Waals surface area contributed by atoms with Gasteiger partial charge in [0.1, 0.15) is 0 Å². The van der Waals surface area contributed by atoms with Gasteiger partial charge in [-0.25, -0.2) is 4.79 Å². The van der Waals surface area contributed by atoms with Gasteiger partial charge >= 0.3 is 5.97 Å². The first-order valence-corrected chi connectivity index (χ1v) is 7.54. The van der Waals surface area contributed by atoms with E-state index in [2.05, 4.69) is 5.32 Å². The summed E-state index contributed by atoms with van der Waals surface area (Å²) < 4.78 is 0. The van der Waals surface area contributed by atoms with Crippen molar-refractivity contribution in [2.24, 2.45) is 5.92 Å². The maximum Gasteiger partial charge on any atom is 0.330 e. The third-order valence-electron chi connectivity index (χ3n) is 3.81. The Bertz CT molecular complexity index is 681. The van der Waals surface area contributed by atoms with E-state index in [1.54, 1.807) is 6.07 Å². The molecule has 0 aromatic heterocycles. The molecule has 0 radical (unpaired) electrons. The maximum atomic E-state index is 12.1. The van der Waals surface area contributed by atoms with Crippen LogP contribution in [0, 0.1) is 5.92 Å². The van der Waals surface area contributed by atoms with Gasteiger partial charge in [0, 0.05) is 5.92 Å². The standard InChI is InChI=1S/C18H21NO3/c1-3-6-12(2)17(20)19-16(18(21)22)15-10-9-13-7-4-5-8-14(13)11-15/h4-5,7-12,16H,3,6H2,1-2H3,(H,19,20)(H,21,22). The number of carbonyl (C=O) groups is 2. The largest absolute Gasteiger partial charge is 0.479 e. The molecular weight excluding hydrogens is 278 g/mol. The van der Waals surface area contributed by atoms with Crippen LogP contribution in [0.3, 0.4) is 0 Å². The van der Waals surface area contributed by atoms with Gasteiger partial charge in [0.2, 0.25) is 5.91 Å². The molecule has 2 unspecified atom stereocenters. The second-order valence-corrected chi connectivity index (χ2v) is 5.58. The lowest BCUT2D eigenvalue weighted by atomic mass is 10.00. The highest BCUT2D eigenvalue weighted by atomic mass is 16.4. The average Bonchev–Trinajstić information content (AvgIpc) is 2.51. The Morgan fingerprint density at radius 3 is 2.45 bits per heavy atom. The SMILES string of the molecule is CCCC(C)C(=O)NC(C(=O)O)c1ccc2ccccc2c1. The molecule has 0 aliphatic carbocycles. The second-order valence-electron chi connectivity index (χ2n) is 5.58. The van der Waals surface area contributed by atoms with Crippen molar-refractivity contribution in [3.05, 3.63) is 48.0 Å². The van der Waals surface area contributed by atoms with Crippen molar-refractivity contribution in [1.29, 1.82) is 0 Å². The summed E-state index contributed by atoms with van der Waals surface area (Å²) in [6.07, 6.45) is 1.64. The molecule has 0 aliphatic rings. The van der Waals surface area contributed by atoms with E-state index in [-0.39, 0.29) is 11.8 Å². The molecule has 22 heavy (non-hydrogen) atoms. The average molecular weight is 299 g/mol. The molecule has 0 fully saturated rings. The number of carboxylic acid groups (broad SMARTS) is 1. The number of nitrogens with one attached hydrogen (secondary N) is 1. The summed E-state index contributed by atoms with van der Waals surface area (Å²) in [6.45, 7) is 3.82. The van der Waals surface area contributed by atoms with E-state index in [1.807, 2.05) is 50.2 Å². The Kier molecular flexibility index (Phi) is 5.15. The van der Waals surface area contributed by atoms with Gasteiger partial charge in [-0.15, -0.1) is 0 Å². The Morgan fingerprint density at radius 1 is 1.14 bits per heavy atom. The number of rotatable bonds is 6. The van der Waals surface area contributed by atoms with Crippen LogP contribution >= 0.6 is 0 Å². The molecule has 2 N–H and O–H groups in total. The van der Waals surface area contributed by atoms with E-state index < -0.39 is 12.0 Å². The highest BCUT2D eigenvalue weighted by molar-refractivity contribution is 5.88. The van der Waals surface area contributed by atoms with Crippen LogP contribution in [-0.2, 0) is 9.59 Å². The van der Waals surface area contributed by atoms with Crippen LogP contribution in [0.25, 0.3) is 10.8 Å². The molecule has 4 heteroatoms. The smallest absolute Gasteiger partial charge is 0.330 e. The fourth-order valence-electron chi connectivity index (χ4n) is 2.52. The zero-order chi connectivity index (χ0) is 16.1. The summed E-state index contributed by atoms with van der Waals surface area (Å²) in [6, 6.07) is 12.2. The van der Waals surface area contributed by atoms with Gasteiger partial charge < -0.3 is 10.4 Å². The third kappa shape index (κ3) is 3.64. The molecule has 2 aromatic rings. The van der Waals surface area contributed by atoms with Gasteiger partial charge in [-0.05, 0) is 28.8 Å². The van der Waals surface area contributed by atoms with Gasteiger partial charge in [0.15, 0.2) is 6.04 Å². The number of hydrogen-bond donors (Lipinski definition) is 2. The van der Waals surface area contributed by atoms with Crippen molar-refractivity contribution in [2.75, 3.05) is 0 Å². The molecule has 2 atom stereocenters. The minimum atomic E-state index is -1.05. The normalized spacial score (nSPS) is 13.5. The van der Waals surface area contributed by atoms with E-state index in [9.17, 15) is 14.7 Å². The van der Waals surface area contributed by atoms with Crippen molar-refractivity contribution < 1.29 is 14.7 Å². The first-order valence-electron chi connectivity index (χ1n) is 7.54. The lowest BCUT2D eigenvalue weighted by Crippen LogP contribution is -2.36. The summed E-state index contributed by atoms with van der Waals surface area (Å²) in [5.74, 6) is -1.46. The minimum absolute atomic E-state index is 0.188. The quantitative estimate of drug-likeness (QED) is 0.857. The number of hydrogen-bond acceptors (Lipinski definition) is 2. The summed E-state index contributed by atoms with van der Waals surface area (Å²) in [5.41, 5.74) is 0.586. The number of carboxylic acids is 1. The monoisotopic (exact) mass is 299 g/mol. The van der Waals surface area contributed by atoms with Crippen LogP contribution in [0.1, 0.15) is 38.3 Å². The van der Waals surface area contributed by atoms with Crippen LogP contribution in [0.4, 0.5) is 0 Å². The fourth-order valence-corrected chi connectivity index (χ4v) is 2.52. The zero-order valence-electron chi connectivity index (χ0n) is 12.9. The molecule has 2 aromatic carbocycles. The summed E-state index contributed by atoms with van der Waals surface area (Å²) in [4.78, 5) is 23.6. The number of fused-ring (bicyclic) bond motifs is 1. The molecular formula is C18H21NO3. The molecule has 0 heterocycles. The van der Waals surface area contributed by atoms with E-state index in [1.165, 1.54) is 0 Å². The Labute approximate surface area is 130 Å². The molecule has 2 rings (SSSR count). The summed E-state index contributed by atoms with van der Waals surface area (Å²) in [5, 5.41) is 14.1. The highest BCUT2D eigenvalue weighted by Gasteiger charge is 2.24. The van der Waals surface area contributed by atoms with Crippen molar-refractivity contribution in [3.8, 4) is 0 Å². The molecule has 0 saturated heterocycles. The van der Waals surface area contributed by atoms with Crippen molar-refractivity contribution in [2.45, 2.75) is 32.7 Å². The Hall–Kier alpha value is -2.36. The van der Waals surface area contributed by atoms with E-state index in [0.29, 0.717) is 5.56 Å². The third-order valence-corrected chi connectivity index (χ3v) is 3.81. The molecule has 0 aliphatic heterocycles. The number of amides is 1. The Balaban J connectivity index is 2.26. The Morgan fingerprint density at radius 2 is 1.82 bits per heavy atom. The van der Waals surface area contributed by atoms with E-state index in [0.717, 1.165) is 23.6 Å². The van der Waals surface area contributed by atoms with Gasteiger partial charge in [0.05, 0.1) is 0 Å². The topological polar surface area (TPSA) is 66.4 Å². The maximum absolute atomic E-state index is 12.1. The predicted octanol–water partition coefficient (Wildman–Crippen LogP) is 3.52. The second kappa shape index (κ2) is 7.07. The molecule has 0 saturated carbocycles. The lowest BCUT2D eigenvalue weighted by Gasteiger charge is -2.18. The van der Waals surface area contributed by atoms with Crippen LogP contribution in [0.5, 0.6) is 0 Å². The first kappa shape index (κ1) is 16.0. The summed E-state index contributed by atoms with van der Waals surface area (Å²) >= 11 is 0. The highest BCUT2D eigenvalue weighted by Crippen LogP contribution is 2.21. The van der Waals surface area contributed by atoms with Gasteiger partial charge in [-0.3, -0.25) is 4.79 Å². The van der Waals surface area contributed by atoms with Crippen LogP contribution in [-0.4, -0.2) is 17.0 Å². The number of benzene rings is 2. The van der Waals surface area contributed by atoms with E-state index in [4.69, 9.17) is 0 Å². The molecule has 1 amide bonds. The molecule has 116 valence electrons. The molecule has 0 bridgehead atoms. The fraction of sp³-hybridized carbons (Fsp3) is 0.333. The van der Waals surface area contributed by atoms with Crippen LogP contribution in [0.2, 0.25) is 0 Å². The van der Waals surface area contributed by atoms with Crippen molar-refractivity contribution in [3.63, 3.8) is 0 Å². The predicted molar refractivity (Wildman–Crippen MR) is 86.5 cm³/mol. The lowest BCUT2D eigenvalue weighted by molar-refractivity contribution is -0.142. The van der Waals surface area contributed by atoms with Gasteiger partial charge in [0.25, 0.3) is 0 Å². The zero-order valence-corrected chi connectivity index (χ0v) is 12.9. The molecule has 4 nitrogen and oxygen atoms in total. The van der Waals surface area contributed by atoms with Gasteiger partial charge in [-0.1, -0.05) is 56.7 Å². The van der Waals surface area contributed by atoms with Crippen LogP contribution in [0.15, 0.2) is 42.5 Å². The minimum Gasteiger partial charge on any atom is -0.479 e. The van der Waals surface area contributed by atoms with Crippen LogP contribution < -0.4 is 5.32 Å². The van der Waals surface area contributed by atoms with Crippen molar-refractivity contribution >= 4 is 22.6 Å². The summed E-state index contributed by atoms with van der Waals surface area (Å²) in [7, 11) is 0. The van der Waals surface area contributed by atoms with Gasteiger partial charge in [-0.2, -0.15) is 0 Å². The number of carbonyl (C=O) groups excluding carboxylic acids is 1.